The Hall–Kier alpha value is -4.16. The van der Waals surface area contributed by atoms with E-state index in [1.807, 2.05) is 0 Å². The number of carbonyl (C=O) groups excluding carboxylic acids is 1. The Balaban J connectivity index is 1.36. The molecule has 184 valence electrons. The summed E-state index contributed by atoms with van der Waals surface area (Å²) >= 11 is 0. The Morgan fingerprint density at radius 2 is 1.60 bits per heavy atom. The summed E-state index contributed by atoms with van der Waals surface area (Å²) in [7, 11) is 0. The monoisotopic (exact) mass is 494 g/mol. The van der Waals surface area contributed by atoms with Crippen molar-refractivity contribution in [2.75, 3.05) is 10.6 Å². The van der Waals surface area contributed by atoms with E-state index in [1.165, 1.54) is 12.1 Å². The molecule has 35 heavy (non-hydrogen) atoms. The number of benzene rings is 2. The molecule has 2 aromatic carbocycles. The average molecular weight is 494 g/mol. The van der Waals surface area contributed by atoms with E-state index < -0.39 is 58.7 Å². The minimum absolute atomic E-state index is 0.212. The van der Waals surface area contributed by atoms with Crippen LogP contribution < -0.4 is 15.4 Å². The van der Waals surface area contributed by atoms with Crippen LogP contribution in [-0.4, -0.2) is 33.3 Å². The van der Waals surface area contributed by atoms with E-state index in [-0.39, 0.29) is 17.5 Å². The van der Waals surface area contributed by atoms with Gasteiger partial charge >= 0.3 is 23.8 Å². The lowest BCUT2D eigenvalue weighted by Gasteiger charge is -2.26. The van der Waals surface area contributed by atoms with Gasteiger partial charge in [0.2, 0.25) is 0 Å². The molecule has 1 saturated carbocycles. The maximum atomic E-state index is 14.5. The van der Waals surface area contributed by atoms with Crippen molar-refractivity contribution in [2.24, 2.45) is 5.92 Å². The van der Waals surface area contributed by atoms with Crippen LogP contribution in [0.1, 0.15) is 36.4 Å². The van der Waals surface area contributed by atoms with Gasteiger partial charge in [0.25, 0.3) is 0 Å². The van der Waals surface area contributed by atoms with Crippen molar-refractivity contribution < 1.29 is 41.4 Å². The smallest absolute Gasteiger partial charge is 0.320 e. The molecule has 0 unspecified atom stereocenters. The molecule has 0 atom stereocenters. The third-order valence-electron chi connectivity index (χ3n) is 5.39. The topological polar surface area (TPSA) is 127 Å². The molecule has 0 bridgehead atoms. The average Bonchev–Trinajstić information content (AvgIpc) is 3.28. The van der Waals surface area contributed by atoms with Gasteiger partial charge in [-0.05, 0) is 37.8 Å². The highest BCUT2D eigenvalue weighted by molar-refractivity contribution is 6.01. The Bertz CT molecular complexity index is 1260. The highest BCUT2D eigenvalue weighted by Gasteiger charge is 2.27. The predicted octanol–water partition coefficient (Wildman–Crippen LogP) is 4.64. The van der Waals surface area contributed by atoms with E-state index in [0.29, 0.717) is 37.8 Å². The van der Waals surface area contributed by atoms with Gasteiger partial charge in [-0.1, -0.05) is 5.10 Å². The molecule has 1 aromatic heterocycles. The third kappa shape index (κ3) is 5.67. The first-order chi connectivity index (χ1) is 16.7. The second kappa shape index (κ2) is 9.99. The van der Waals surface area contributed by atoms with Crippen LogP contribution in [0.2, 0.25) is 0 Å². The number of hydrogen-bond donors (Lipinski definition) is 3. The summed E-state index contributed by atoms with van der Waals surface area (Å²) in [6.45, 7) is 0. The van der Waals surface area contributed by atoms with E-state index in [2.05, 4.69) is 20.8 Å². The van der Waals surface area contributed by atoms with Crippen LogP contribution in [0.4, 0.5) is 35.0 Å². The van der Waals surface area contributed by atoms with Gasteiger partial charge in [0.15, 0.2) is 11.6 Å². The summed E-state index contributed by atoms with van der Waals surface area (Å²) in [4.78, 5) is 23.3. The molecule has 0 saturated heterocycles. The molecule has 9 nitrogen and oxygen atoms in total. The second-order valence-corrected chi connectivity index (χ2v) is 7.81. The number of aromatic nitrogens is 2. The first-order valence-electron chi connectivity index (χ1n) is 10.4. The number of carbonyl (C=O) groups is 2. The lowest BCUT2D eigenvalue weighted by molar-refractivity contribution is -0.143. The number of anilines is 3. The van der Waals surface area contributed by atoms with E-state index in [9.17, 15) is 27.2 Å². The van der Waals surface area contributed by atoms with Crippen LogP contribution in [-0.2, 0) is 4.79 Å². The molecule has 1 aliphatic carbocycles. The van der Waals surface area contributed by atoms with E-state index in [0.717, 1.165) is 6.07 Å². The lowest BCUT2D eigenvalue weighted by atomic mass is 9.87. The summed E-state index contributed by atoms with van der Waals surface area (Å²) in [5, 5.41) is 20.4. The van der Waals surface area contributed by atoms with Crippen molar-refractivity contribution in [1.82, 2.24) is 10.2 Å². The molecular formula is C22H18F4N4O5. The second-order valence-electron chi connectivity index (χ2n) is 7.81. The van der Waals surface area contributed by atoms with Gasteiger partial charge in [0, 0.05) is 18.2 Å². The van der Waals surface area contributed by atoms with E-state index in [1.54, 1.807) is 0 Å². The third-order valence-corrected chi connectivity index (χ3v) is 5.39. The molecule has 0 aliphatic heterocycles. The summed E-state index contributed by atoms with van der Waals surface area (Å²) in [6.07, 6.45) is 1.76. The number of hydrogen-bond acceptors (Lipinski definition) is 7. The molecule has 1 aliphatic rings. The molecular weight excluding hydrogens is 476 g/mol. The van der Waals surface area contributed by atoms with Gasteiger partial charge in [0.05, 0.1) is 23.4 Å². The summed E-state index contributed by atoms with van der Waals surface area (Å²) in [6, 6.07) is 4.14. The highest BCUT2D eigenvalue weighted by Crippen LogP contribution is 2.29. The molecule has 13 heteroatoms. The van der Waals surface area contributed by atoms with Gasteiger partial charge in [-0.3, -0.25) is 9.59 Å². The zero-order valence-corrected chi connectivity index (χ0v) is 17.9. The lowest BCUT2D eigenvalue weighted by Crippen LogP contribution is -2.27. The standard InChI is InChI=1S/C22H18F4N4O5/c23-13-8-16(26)18(9-14(13)24)28-22-30-29-20(35-22)19(31)27-17-6-5-12(7-15(17)25)34-11-3-1-10(2-4-11)21(32)33/h5-11H,1-4H2,(H,27,31)(H,28,30)(H,32,33)/t10-,11+. The van der Waals surface area contributed by atoms with Crippen molar-refractivity contribution in [2.45, 2.75) is 31.8 Å². The first-order valence-corrected chi connectivity index (χ1v) is 10.4. The SMILES string of the molecule is O=C(Nc1ccc(O[C@H]2CC[C@@H](C(=O)O)CC2)cc1F)c1nnc(Nc2cc(F)c(F)cc2F)o1. The number of carboxylic acid groups (broad SMARTS) is 1. The number of ether oxygens (including phenoxy) is 1. The fourth-order valence-electron chi connectivity index (χ4n) is 3.57. The van der Waals surface area contributed by atoms with Crippen LogP contribution in [0.25, 0.3) is 0 Å². The summed E-state index contributed by atoms with van der Waals surface area (Å²) in [5.41, 5.74) is -0.714. The van der Waals surface area contributed by atoms with E-state index >= 15 is 0 Å². The normalized spacial score (nSPS) is 17.6. The number of carboxylic acids is 1. The summed E-state index contributed by atoms with van der Waals surface area (Å²) in [5.74, 6) is -7.25. The number of aliphatic carboxylic acids is 1. The van der Waals surface area contributed by atoms with Crippen LogP contribution >= 0.6 is 0 Å². The van der Waals surface area contributed by atoms with Gasteiger partial charge < -0.3 is 24.9 Å². The fourth-order valence-corrected chi connectivity index (χ4v) is 3.57. The number of amides is 1. The number of halogens is 4. The van der Waals surface area contributed by atoms with Gasteiger partial charge in [-0.2, -0.15) is 0 Å². The molecule has 4 rings (SSSR count). The van der Waals surface area contributed by atoms with E-state index in [4.69, 9.17) is 14.3 Å². The van der Waals surface area contributed by atoms with Crippen molar-refractivity contribution in [3.63, 3.8) is 0 Å². The quantitative estimate of drug-likeness (QED) is 0.320. The first kappa shape index (κ1) is 24.0. The Labute approximate surface area is 195 Å². The van der Waals surface area contributed by atoms with Crippen LogP contribution in [0.3, 0.4) is 0 Å². The zero-order chi connectivity index (χ0) is 25.1. The molecule has 1 amide bonds. The minimum Gasteiger partial charge on any atom is -0.490 e. The largest absolute Gasteiger partial charge is 0.490 e. The van der Waals surface area contributed by atoms with Crippen LogP contribution in [0, 0.1) is 29.2 Å². The summed E-state index contributed by atoms with van der Waals surface area (Å²) < 4.78 is 65.3. The van der Waals surface area contributed by atoms with Crippen LogP contribution in [0.15, 0.2) is 34.7 Å². The highest BCUT2D eigenvalue weighted by atomic mass is 19.2. The predicted molar refractivity (Wildman–Crippen MR) is 112 cm³/mol. The van der Waals surface area contributed by atoms with Gasteiger partial charge in [-0.15, -0.1) is 5.10 Å². The number of rotatable bonds is 7. The minimum atomic E-state index is -1.39. The fraction of sp³-hybridized carbons (Fsp3) is 0.273. The molecule has 3 aromatic rings. The van der Waals surface area contributed by atoms with Crippen molar-refractivity contribution in [1.29, 1.82) is 0 Å². The van der Waals surface area contributed by atoms with Crippen molar-refractivity contribution >= 4 is 29.3 Å². The van der Waals surface area contributed by atoms with Crippen molar-refractivity contribution in [3.8, 4) is 5.75 Å². The molecule has 1 heterocycles. The Morgan fingerprint density at radius 3 is 2.29 bits per heavy atom. The molecule has 0 spiro atoms. The van der Waals surface area contributed by atoms with Crippen molar-refractivity contribution in [3.05, 3.63) is 59.5 Å². The maximum absolute atomic E-state index is 14.5. The number of nitrogens with zero attached hydrogens (tertiary/aromatic N) is 2. The number of nitrogens with one attached hydrogen (secondary N) is 2. The molecule has 1 fully saturated rings. The zero-order valence-electron chi connectivity index (χ0n) is 17.9. The Kier molecular flexibility index (Phi) is 6.85. The molecule has 3 N–H and O–H groups in total. The van der Waals surface area contributed by atoms with Gasteiger partial charge in [-0.25, -0.2) is 17.6 Å². The van der Waals surface area contributed by atoms with Gasteiger partial charge in [0.1, 0.15) is 17.4 Å². The molecule has 0 radical (unpaired) electrons. The maximum Gasteiger partial charge on any atom is 0.320 e. The van der Waals surface area contributed by atoms with Crippen LogP contribution in [0.5, 0.6) is 5.75 Å². The Morgan fingerprint density at radius 1 is 0.914 bits per heavy atom.